The molecule has 0 radical (unpaired) electrons. The van der Waals surface area contributed by atoms with Crippen molar-refractivity contribution in [2.45, 2.75) is 64.0 Å². The van der Waals surface area contributed by atoms with E-state index in [0.717, 1.165) is 19.4 Å². The minimum absolute atomic E-state index is 0.0507. The molecule has 82 valence electrons. The van der Waals surface area contributed by atoms with E-state index in [1.54, 1.807) is 0 Å². The van der Waals surface area contributed by atoms with Crippen molar-refractivity contribution in [3.63, 3.8) is 0 Å². The summed E-state index contributed by atoms with van der Waals surface area (Å²) in [5, 5.41) is 13.3. The van der Waals surface area contributed by atoms with Gasteiger partial charge in [0, 0.05) is 6.04 Å². The van der Waals surface area contributed by atoms with Gasteiger partial charge in [0.25, 0.3) is 0 Å². The lowest BCUT2D eigenvalue weighted by molar-refractivity contribution is 0.0334. The van der Waals surface area contributed by atoms with Gasteiger partial charge in [-0.15, -0.1) is 0 Å². The van der Waals surface area contributed by atoms with Gasteiger partial charge in [-0.1, -0.05) is 19.8 Å². The molecule has 2 saturated carbocycles. The number of nitrogens with one attached hydrogen (secondary N) is 1. The number of rotatable bonds is 2. The SMILES string of the molecule is CCNC1CC(O)CCC12CCCC2. The minimum atomic E-state index is -0.0507. The molecule has 2 atom stereocenters. The first kappa shape index (κ1) is 10.4. The Morgan fingerprint density at radius 1 is 1.29 bits per heavy atom. The third-order valence-electron chi connectivity index (χ3n) is 4.27. The fourth-order valence-corrected chi connectivity index (χ4v) is 3.49. The number of hydrogen-bond donors (Lipinski definition) is 2. The van der Waals surface area contributed by atoms with E-state index in [4.69, 9.17) is 0 Å². The highest BCUT2D eigenvalue weighted by Crippen LogP contribution is 2.48. The van der Waals surface area contributed by atoms with Crippen LogP contribution in [0.25, 0.3) is 0 Å². The summed E-state index contributed by atoms with van der Waals surface area (Å²) in [6.07, 6.45) is 8.78. The van der Waals surface area contributed by atoms with Gasteiger partial charge in [0.15, 0.2) is 0 Å². The zero-order chi connectivity index (χ0) is 10.0. The van der Waals surface area contributed by atoms with E-state index in [0.29, 0.717) is 11.5 Å². The highest BCUT2D eigenvalue weighted by molar-refractivity contribution is 4.99. The van der Waals surface area contributed by atoms with Gasteiger partial charge in [-0.25, -0.2) is 0 Å². The van der Waals surface area contributed by atoms with E-state index in [1.807, 2.05) is 0 Å². The molecule has 0 amide bonds. The normalized spacial score (nSPS) is 36.4. The summed E-state index contributed by atoms with van der Waals surface area (Å²) >= 11 is 0. The first-order valence-electron chi connectivity index (χ1n) is 6.18. The van der Waals surface area contributed by atoms with Crippen molar-refractivity contribution in [1.82, 2.24) is 5.32 Å². The second-order valence-corrected chi connectivity index (χ2v) is 5.11. The Morgan fingerprint density at radius 3 is 2.64 bits per heavy atom. The van der Waals surface area contributed by atoms with E-state index in [9.17, 15) is 5.11 Å². The van der Waals surface area contributed by atoms with Gasteiger partial charge in [-0.3, -0.25) is 0 Å². The first-order valence-corrected chi connectivity index (χ1v) is 6.18. The smallest absolute Gasteiger partial charge is 0.0555 e. The van der Waals surface area contributed by atoms with E-state index in [2.05, 4.69) is 12.2 Å². The molecule has 2 N–H and O–H groups in total. The summed E-state index contributed by atoms with van der Waals surface area (Å²) in [6, 6.07) is 0.582. The van der Waals surface area contributed by atoms with Crippen molar-refractivity contribution in [2.75, 3.05) is 6.54 Å². The van der Waals surface area contributed by atoms with E-state index < -0.39 is 0 Å². The quantitative estimate of drug-likeness (QED) is 0.710. The maximum absolute atomic E-state index is 9.71. The molecule has 0 heterocycles. The molecule has 2 fully saturated rings. The standard InChI is InChI=1S/C12H23NO/c1-2-13-11-9-10(14)5-8-12(11)6-3-4-7-12/h10-11,13-14H,2-9H2,1H3. The maximum atomic E-state index is 9.71. The van der Waals surface area contributed by atoms with Crippen molar-refractivity contribution < 1.29 is 5.11 Å². The van der Waals surface area contributed by atoms with Crippen molar-refractivity contribution >= 4 is 0 Å². The molecule has 0 aromatic carbocycles. The molecule has 0 aliphatic heterocycles. The lowest BCUT2D eigenvalue weighted by atomic mass is 9.68. The molecule has 0 aromatic heterocycles. The van der Waals surface area contributed by atoms with Gasteiger partial charge in [-0.2, -0.15) is 0 Å². The van der Waals surface area contributed by atoms with Crippen molar-refractivity contribution in [1.29, 1.82) is 0 Å². The second kappa shape index (κ2) is 4.19. The first-order chi connectivity index (χ1) is 6.77. The third-order valence-corrected chi connectivity index (χ3v) is 4.27. The Bertz CT molecular complexity index is 187. The van der Waals surface area contributed by atoms with Crippen LogP contribution in [0.2, 0.25) is 0 Å². The molecular weight excluding hydrogens is 174 g/mol. The summed E-state index contributed by atoms with van der Waals surface area (Å²) in [7, 11) is 0. The van der Waals surface area contributed by atoms with Crippen LogP contribution in [0.3, 0.4) is 0 Å². The summed E-state index contributed by atoms with van der Waals surface area (Å²) < 4.78 is 0. The average Bonchev–Trinajstić information content (AvgIpc) is 2.62. The second-order valence-electron chi connectivity index (χ2n) is 5.11. The summed E-state index contributed by atoms with van der Waals surface area (Å²) in [4.78, 5) is 0. The average molecular weight is 197 g/mol. The largest absolute Gasteiger partial charge is 0.393 e. The van der Waals surface area contributed by atoms with Crippen LogP contribution in [0.1, 0.15) is 51.9 Å². The molecule has 2 nitrogen and oxygen atoms in total. The molecular formula is C12H23NO. The topological polar surface area (TPSA) is 32.3 Å². The van der Waals surface area contributed by atoms with Crippen LogP contribution < -0.4 is 5.32 Å². The van der Waals surface area contributed by atoms with Crippen LogP contribution in [0, 0.1) is 5.41 Å². The lowest BCUT2D eigenvalue weighted by Gasteiger charge is -2.43. The third kappa shape index (κ3) is 1.82. The Kier molecular flexibility index (Phi) is 3.13. The molecule has 2 unspecified atom stereocenters. The van der Waals surface area contributed by atoms with Crippen LogP contribution in [-0.4, -0.2) is 23.8 Å². The van der Waals surface area contributed by atoms with Crippen LogP contribution in [0.5, 0.6) is 0 Å². The molecule has 2 aliphatic carbocycles. The predicted octanol–water partition coefficient (Wildman–Crippen LogP) is 2.07. The summed E-state index contributed by atoms with van der Waals surface area (Å²) in [5.41, 5.74) is 0.551. The summed E-state index contributed by atoms with van der Waals surface area (Å²) in [6.45, 7) is 3.21. The van der Waals surface area contributed by atoms with Gasteiger partial charge in [-0.05, 0) is 44.1 Å². The van der Waals surface area contributed by atoms with Crippen LogP contribution in [0.15, 0.2) is 0 Å². The maximum Gasteiger partial charge on any atom is 0.0555 e. The van der Waals surface area contributed by atoms with Gasteiger partial charge < -0.3 is 10.4 Å². The number of hydrogen-bond acceptors (Lipinski definition) is 2. The minimum Gasteiger partial charge on any atom is -0.393 e. The van der Waals surface area contributed by atoms with Crippen LogP contribution in [0.4, 0.5) is 0 Å². The molecule has 0 bridgehead atoms. The molecule has 0 saturated heterocycles. The van der Waals surface area contributed by atoms with Gasteiger partial charge in [0.05, 0.1) is 6.10 Å². The predicted molar refractivity (Wildman–Crippen MR) is 58.2 cm³/mol. The summed E-state index contributed by atoms with van der Waals surface area (Å²) in [5.74, 6) is 0. The molecule has 2 aliphatic rings. The van der Waals surface area contributed by atoms with E-state index in [-0.39, 0.29) is 6.10 Å². The van der Waals surface area contributed by atoms with Crippen LogP contribution in [-0.2, 0) is 0 Å². The Morgan fingerprint density at radius 2 is 2.00 bits per heavy atom. The molecule has 14 heavy (non-hydrogen) atoms. The molecule has 0 aromatic rings. The van der Waals surface area contributed by atoms with E-state index in [1.165, 1.54) is 32.1 Å². The van der Waals surface area contributed by atoms with E-state index >= 15 is 0 Å². The van der Waals surface area contributed by atoms with Crippen molar-refractivity contribution in [3.8, 4) is 0 Å². The van der Waals surface area contributed by atoms with Gasteiger partial charge in [0.1, 0.15) is 0 Å². The Hall–Kier alpha value is -0.0800. The molecule has 1 spiro atoms. The van der Waals surface area contributed by atoms with Gasteiger partial charge in [0.2, 0.25) is 0 Å². The van der Waals surface area contributed by atoms with Gasteiger partial charge >= 0.3 is 0 Å². The number of aliphatic hydroxyl groups is 1. The molecule has 2 rings (SSSR count). The monoisotopic (exact) mass is 197 g/mol. The molecule has 2 heteroatoms. The highest BCUT2D eigenvalue weighted by Gasteiger charge is 2.44. The van der Waals surface area contributed by atoms with Crippen molar-refractivity contribution in [3.05, 3.63) is 0 Å². The Balaban J connectivity index is 2.05. The fraction of sp³-hybridized carbons (Fsp3) is 1.00. The highest BCUT2D eigenvalue weighted by atomic mass is 16.3. The lowest BCUT2D eigenvalue weighted by Crippen LogP contribution is -2.49. The fourth-order valence-electron chi connectivity index (χ4n) is 3.49. The Labute approximate surface area is 87.1 Å². The zero-order valence-corrected chi connectivity index (χ0v) is 9.26. The van der Waals surface area contributed by atoms with Crippen LogP contribution >= 0.6 is 0 Å². The zero-order valence-electron chi connectivity index (χ0n) is 9.26. The number of aliphatic hydroxyl groups excluding tert-OH is 1. The van der Waals surface area contributed by atoms with Crippen molar-refractivity contribution in [2.24, 2.45) is 5.41 Å².